The van der Waals surface area contributed by atoms with Crippen molar-refractivity contribution in [2.45, 2.75) is 50.4 Å². The molecular formula is C13H19F3N4O2. The van der Waals surface area contributed by atoms with Crippen LogP contribution in [0.15, 0.2) is 12.3 Å². The SMILES string of the molecule is O=C(NCC1(O)CCCCC1)Nc1ccn(CC(F)(F)F)n1. The lowest BCUT2D eigenvalue weighted by molar-refractivity contribution is -0.142. The molecule has 124 valence electrons. The summed E-state index contributed by atoms with van der Waals surface area (Å²) in [6, 6.07) is 0.678. The molecule has 0 radical (unpaired) electrons. The first-order valence-electron chi connectivity index (χ1n) is 7.13. The number of rotatable bonds is 4. The lowest BCUT2D eigenvalue weighted by Crippen LogP contribution is -2.45. The molecule has 0 unspecified atom stereocenters. The van der Waals surface area contributed by atoms with Gasteiger partial charge in [0.2, 0.25) is 0 Å². The van der Waals surface area contributed by atoms with Crippen molar-refractivity contribution in [3.05, 3.63) is 12.3 Å². The van der Waals surface area contributed by atoms with E-state index in [1.54, 1.807) is 0 Å². The second-order valence-corrected chi connectivity index (χ2v) is 5.61. The Kier molecular flexibility index (Phi) is 4.94. The zero-order chi connectivity index (χ0) is 16.2. The van der Waals surface area contributed by atoms with E-state index < -0.39 is 24.4 Å². The van der Waals surface area contributed by atoms with Gasteiger partial charge in [-0.1, -0.05) is 19.3 Å². The minimum atomic E-state index is -4.37. The van der Waals surface area contributed by atoms with Crippen molar-refractivity contribution < 1.29 is 23.1 Å². The maximum Gasteiger partial charge on any atom is 0.408 e. The number of aliphatic hydroxyl groups is 1. The molecule has 1 aromatic heterocycles. The van der Waals surface area contributed by atoms with E-state index in [4.69, 9.17) is 0 Å². The lowest BCUT2D eigenvalue weighted by atomic mass is 9.85. The molecule has 0 aliphatic heterocycles. The van der Waals surface area contributed by atoms with Gasteiger partial charge in [-0.05, 0) is 12.8 Å². The number of halogens is 3. The first kappa shape index (κ1) is 16.6. The van der Waals surface area contributed by atoms with Gasteiger partial charge in [0.15, 0.2) is 5.82 Å². The number of carbonyl (C=O) groups is 1. The first-order chi connectivity index (χ1) is 10.3. The van der Waals surface area contributed by atoms with Gasteiger partial charge in [0.25, 0.3) is 0 Å². The largest absolute Gasteiger partial charge is 0.408 e. The number of aromatic nitrogens is 2. The average Bonchev–Trinajstić information content (AvgIpc) is 2.82. The van der Waals surface area contributed by atoms with Crippen LogP contribution < -0.4 is 10.6 Å². The minimum absolute atomic E-state index is 0.0254. The van der Waals surface area contributed by atoms with E-state index in [2.05, 4.69) is 15.7 Å². The minimum Gasteiger partial charge on any atom is -0.388 e. The van der Waals surface area contributed by atoms with Gasteiger partial charge in [-0.2, -0.15) is 18.3 Å². The normalized spacial score (nSPS) is 18.0. The van der Waals surface area contributed by atoms with Crippen molar-refractivity contribution in [3.8, 4) is 0 Å². The summed E-state index contributed by atoms with van der Waals surface area (Å²) in [7, 11) is 0. The summed E-state index contributed by atoms with van der Waals surface area (Å²) in [5.41, 5.74) is -0.898. The Bertz CT molecular complexity index is 510. The number of anilines is 1. The highest BCUT2D eigenvalue weighted by Gasteiger charge is 2.30. The highest BCUT2D eigenvalue weighted by atomic mass is 19.4. The first-order valence-corrected chi connectivity index (χ1v) is 7.13. The zero-order valence-corrected chi connectivity index (χ0v) is 12.0. The fraction of sp³-hybridized carbons (Fsp3) is 0.692. The Morgan fingerprint density at radius 2 is 2.05 bits per heavy atom. The Labute approximate surface area is 125 Å². The summed E-state index contributed by atoms with van der Waals surface area (Å²) >= 11 is 0. The van der Waals surface area contributed by atoms with Gasteiger partial charge in [-0.25, -0.2) is 4.79 Å². The van der Waals surface area contributed by atoms with Crippen LogP contribution in [0.1, 0.15) is 32.1 Å². The van der Waals surface area contributed by atoms with Gasteiger partial charge in [0.05, 0.1) is 5.60 Å². The third-order valence-electron chi connectivity index (χ3n) is 3.59. The molecular weight excluding hydrogens is 301 g/mol. The molecule has 1 aliphatic rings. The van der Waals surface area contributed by atoms with Crippen LogP contribution in [0.5, 0.6) is 0 Å². The van der Waals surface area contributed by atoms with Crippen molar-refractivity contribution >= 4 is 11.8 Å². The van der Waals surface area contributed by atoms with Crippen molar-refractivity contribution in [1.82, 2.24) is 15.1 Å². The molecule has 2 amide bonds. The van der Waals surface area contributed by atoms with Crippen LogP contribution in [0.3, 0.4) is 0 Å². The molecule has 1 heterocycles. The van der Waals surface area contributed by atoms with Gasteiger partial charge < -0.3 is 10.4 Å². The standard InChI is InChI=1S/C13H19F3N4O2/c14-13(15,16)9-20-7-4-10(19-20)18-11(21)17-8-12(22)5-2-1-3-6-12/h4,7,22H,1-3,5-6,8-9H2,(H2,17,18,19,21). The highest BCUT2D eigenvalue weighted by Crippen LogP contribution is 2.27. The summed E-state index contributed by atoms with van der Waals surface area (Å²) < 4.78 is 37.3. The molecule has 1 fully saturated rings. The number of urea groups is 1. The fourth-order valence-electron chi connectivity index (χ4n) is 2.49. The molecule has 0 atom stereocenters. The Hall–Kier alpha value is -1.77. The summed E-state index contributed by atoms with van der Waals surface area (Å²) in [6.45, 7) is -1.10. The molecule has 0 bridgehead atoms. The summed E-state index contributed by atoms with van der Waals surface area (Å²) in [5, 5.41) is 18.7. The molecule has 9 heteroatoms. The maximum atomic E-state index is 12.2. The quantitative estimate of drug-likeness (QED) is 0.796. The Morgan fingerprint density at radius 1 is 1.36 bits per heavy atom. The molecule has 1 saturated carbocycles. The monoisotopic (exact) mass is 320 g/mol. The van der Waals surface area contributed by atoms with Gasteiger partial charge in [-0.3, -0.25) is 10.00 Å². The van der Waals surface area contributed by atoms with Crippen molar-refractivity contribution in [2.75, 3.05) is 11.9 Å². The van der Waals surface area contributed by atoms with Gasteiger partial charge >= 0.3 is 12.2 Å². The predicted octanol–water partition coefficient (Wildman–Crippen LogP) is 2.26. The summed E-state index contributed by atoms with van der Waals surface area (Å²) in [5.74, 6) is 0.0254. The molecule has 1 aliphatic carbocycles. The van der Waals surface area contributed by atoms with E-state index in [0.29, 0.717) is 17.5 Å². The van der Waals surface area contributed by atoms with E-state index >= 15 is 0 Å². The maximum absolute atomic E-state index is 12.2. The van der Waals surface area contributed by atoms with Crippen LogP contribution in [0.4, 0.5) is 23.8 Å². The van der Waals surface area contributed by atoms with Crippen LogP contribution in [0.2, 0.25) is 0 Å². The number of alkyl halides is 3. The molecule has 6 nitrogen and oxygen atoms in total. The molecule has 2 rings (SSSR count). The number of nitrogens with one attached hydrogen (secondary N) is 2. The second-order valence-electron chi connectivity index (χ2n) is 5.61. The third-order valence-corrected chi connectivity index (χ3v) is 3.59. The van der Waals surface area contributed by atoms with Crippen LogP contribution in [-0.2, 0) is 6.54 Å². The second kappa shape index (κ2) is 6.55. The van der Waals surface area contributed by atoms with E-state index in [0.717, 1.165) is 25.5 Å². The number of hydrogen-bond donors (Lipinski definition) is 3. The number of amides is 2. The molecule has 3 N–H and O–H groups in total. The zero-order valence-electron chi connectivity index (χ0n) is 12.0. The van der Waals surface area contributed by atoms with Gasteiger partial charge in [0.1, 0.15) is 6.54 Å². The summed E-state index contributed by atoms with van der Waals surface area (Å²) in [4.78, 5) is 11.7. The summed E-state index contributed by atoms with van der Waals surface area (Å²) in [6.07, 6.45) is 0.947. The highest BCUT2D eigenvalue weighted by molar-refractivity contribution is 5.88. The smallest absolute Gasteiger partial charge is 0.388 e. The van der Waals surface area contributed by atoms with E-state index in [9.17, 15) is 23.1 Å². The van der Waals surface area contributed by atoms with Crippen molar-refractivity contribution in [2.24, 2.45) is 0 Å². The van der Waals surface area contributed by atoms with Crippen molar-refractivity contribution in [1.29, 1.82) is 0 Å². The van der Waals surface area contributed by atoms with E-state index in [-0.39, 0.29) is 12.4 Å². The molecule has 22 heavy (non-hydrogen) atoms. The molecule has 1 aromatic rings. The molecule has 0 spiro atoms. The predicted molar refractivity (Wildman–Crippen MR) is 73.3 cm³/mol. The molecule has 0 aromatic carbocycles. The number of hydrogen-bond acceptors (Lipinski definition) is 3. The van der Waals surface area contributed by atoms with Crippen molar-refractivity contribution in [3.63, 3.8) is 0 Å². The van der Waals surface area contributed by atoms with Crippen LogP contribution >= 0.6 is 0 Å². The average molecular weight is 320 g/mol. The lowest BCUT2D eigenvalue weighted by Gasteiger charge is -2.32. The third kappa shape index (κ3) is 5.21. The van der Waals surface area contributed by atoms with Gasteiger partial charge in [0, 0.05) is 18.8 Å². The van der Waals surface area contributed by atoms with Gasteiger partial charge in [-0.15, -0.1) is 0 Å². The van der Waals surface area contributed by atoms with Crippen LogP contribution in [0, 0.1) is 0 Å². The van der Waals surface area contributed by atoms with E-state index in [1.165, 1.54) is 6.07 Å². The topological polar surface area (TPSA) is 79.2 Å². The van der Waals surface area contributed by atoms with Crippen LogP contribution in [0.25, 0.3) is 0 Å². The number of nitrogens with zero attached hydrogens (tertiary/aromatic N) is 2. The Morgan fingerprint density at radius 3 is 2.68 bits per heavy atom. The number of carbonyl (C=O) groups excluding carboxylic acids is 1. The fourth-order valence-corrected chi connectivity index (χ4v) is 2.49. The Balaban J connectivity index is 1.79. The van der Waals surface area contributed by atoms with E-state index in [1.807, 2.05) is 0 Å². The molecule has 0 saturated heterocycles. The van der Waals surface area contributed by atoms with Crippen LogP contribution in [-0.4, -0.2) is 39.2 Å².